The first-order valence-corrected chi connectivity index (χ1v) is 10.8. The molecule has 0 radical (unpaired) electrons. The van der Waals surface area contributed by atoms with Gasteiger partial charge in [-0.15, -0.1) is 0 Å². The van der Waals surface area contributed by atoms with Crippen LogP contribution < -0.4 is 16.5 Å². The zero-order chi connectivity index (χ0) is 22.9. The molecule has 2 aromatic rings. The number of ether oxygens (including phenoxy) is 1. The van der Waals surface area contributed by atoms with E-state index in [2.05, 4.69) is 15.5 Å². The topological polar surface area (TPSA) is 127 Å². The van der Waals surface area contributed by atoms with Crippen molar-refractivity contribution in [1.29, 1.82) is 5.41 Å². The van der Waals surface area contributed by atoms with Crippen LogP contribution in [-0.2, 0) is 25.6 Å². The fourth-order valence-corrected chi connectivity index (χ4v) is 3.69. The highest BCUT2D eigenvalue weighted by Gasteiger charge is 2.28. The Morgan fingerprint density at radius 1 is 1.22 bits per heavy atom. The van der Waals surface area contributed by atoms with Gasteiger partial charge in [0, 0.05) is 17.7 Å². The Balaban J connectivity index is 1.44. The molecule has 1 aliphatic rings. The lowest BCUT2D eigenvalue weighted by Gasteiger charge is -2.10. The van der Waals surface area contributed by atoms with Crippen molar-refractivity contribution in [2.75, 3.05) is 12.4 Å². The van der Waals surface area contributed by atoms with Gasteiger partial charge < -0.3 is 15.8 Å². The monoisotopic (exact) mass is 438 g/mol. The van der Waals surface area contributed by atoms with Crippen LogP contribution in [0.2, 0.25) is 0 Å². The Hall–Kier alpha value is -3.23. The largest absolute Gasteiger partial charge is 0.469 e. The number of carbonyl (C=O) groups excluding carboxylic acids is 2. The maximum absolute atomic E-state index is 12.5. The highest BCUT2D eigenvalue weighted by molar-refractivity contribution is 5.94. The van der Waals surface area contributed by atoms with Crippen LogP contribution in [0.1, 0.15) is 54.8 Å². The number of carbonyl (C=O) groups is 2. The number of anilines is 1. The van der Waals surface area contributed by atoms with Crippen molar-refractivity contribution >= 4 is 23.4 Å². The Kier molecular flexibility index (Phi) is 8.35. The number of rotatable bonds is 10. The standard InChI is InChI=1S/C24H30N4O4/c1-31-23(30)8-3-2-5-16-6-4-7-19(13-16)27-22(29)15-20-14-21(28-32-20)17-9-11-18(12-10-17)24(25)26/h4,6-7,9-13,20-21,28H,2-3,5,8,14-15H2,1H3,(H3,25,26)(H,27,29)/t20-,21+/m1/s1. The van der Waals surface area contributed by atoms with Crippen molar-refractivity contribution in [2.24, 2.45) is 5.73 Å². The molecule has 3 rings (SSSR count). The van der Waals surface area contributed by atoms with Gasteiger partial charge in [0.2, 0.25) is 5.91 Å². The van der Waals surface area contributed by atoms with Crippen molar-refractivity contribution in [2.45, 2.75) is 50.7 Å². The van der Waals surface area contributed by atoms with Crippen molar-refractivity contribution < 1.29 is 19.2 Å². The number of nitrogen functional groups attached to an aromatic ring is 1. The summed E-state index contributed by atoms with van der Waals surface area (Å²) < 4.78 is 4.65. The molecule has 2 aromatic carbocycles. The van der Waals surface area contributed by atoms with E-state index in [-0.39, 0.29) is 36.3 Å². The molecule has 0 bridgehead atoms. The third kappa shape index (κ3) is 6.90. The smallest absolute Gasteiger partial charge is 0.305 e. The van der Waals surface area contributed by atoms with E-state index >= 15 is 0 Å². The quantitative estimate of drug-likeness (QED) is 0.195. The van der Waals surface area contributed by atoms with Gasteiger partial charge >= 0.3 is 5.97 Å². The summed E-state index contributed by atoms with van der Waals surface area (Å²) in [5.41, 5.74) is 12.1. The zero-order valence-corrected chi connectivity index (χ0v) is 18.2. The fourth-order valence-electron chi connectivity index (χ4n) is 3.69. The number of hydrogen-bond donors (Lipinski definition) is 4. The molecule has 1 saturated heterocycles. The highest BCUT2D eigenvalue weighted by Crippen LogP contribution is 2.27. The molecule has 1 heterocycles. The van der Waals surface area contributed by atoms with Gasteiger partial charge in [0.15, 0.2) is 0 Å². The summed E-state index contributed by atoms with van der Waals surface area (Å²) in [7, 11) is 1.40. The van der Waals surface area contributed by atoms with Crippen LogP contribution in [0.15, 0.2) is 48.5 Å². The molecular weight excluding hydrogens is 408 g/mol. The molecule has 0 aliphatic carbocycles. The second-order valence-corrected chi connectivity index (χ2v) is 7.92. The van der Waals surface area contributed by atoms with Gasteiger partial charge in [0.05, 0.1) is 25.7 Å². The number of methoxy groups -OCH3 is 1. The summed E-state index contributed by atoms with van der Waals surface area (Å²) >= 11 is 0. The van der Waals surface area contributed by atoms with Crippen LogP contribution in [-0.4, -0.2) is 30.9 Å². The van der Waals surface area contributed by atoms with E-state index < -0.39 is 0 Å². The highest BCUT2D eigenvalue weighted by atomic mass is 16.7. The van der Waals surface area contributed by atoms with Gasteiger partial charge in [-0.05, 0) is 48.9 Å². The van der Waals surface area contributed by atoms with E-state index in [9.17, 15) is 9.59 Å². The predicted molar refractivity (Wildman–Crippen MR) is 122 cm³/mol. The van der Waals surface area contributed by atoms with E-state index in [4.69, 9.17) is 16.0 Å². The molecule has 8 heteroatoms. The van der Waals surface area contributed by atoms with Crippen LogP contribution >= 0.6 is 0 Å². The van der Waals surface area contributed by atoms with Crippen LogP contribution in [0, 0.1) is 5.41 Å². The maximum atomic E-state index is 12.5. The summed E-state index contributed by atoms with van der Waals surface area (Å²) in [6.07, 6.45) is 3.60. The average molecular weight is 439 g/mol. The molecule has 1 amide bonds. The number of hydrogen-bond acceptors (Lipinski definition) is 6. The molecule has 0 saturated carbocycles. The van der Waals surface area contributed by atoms with Crippen LogP contribution in [0.3, 0.4) is 0 Å². The first-order valence-electron chi connectivity index (χ1n) is 10.8. The van der Waals surface area contributed by atoms with Gasteiger partial charge in [-0.3, -0.25) is 19.8 Å². The molecule has 1 fully saturated rings. The molecule has 1 aliphatic heterocycles. The molecular formula is C24H30N4O4. The molecule has 170 valence electrons. The van der Waals surface area contributed by atoms with Gasteiger partial charge in [-0.2, -0.15) is 5.48 Å². The minimum Gasteiger partial charge on any atom is -0.469 e. The summed E-state index contributed by atoms with van der Waals surface area (Å²) in [6.45, 7) is 0. The molecule has 0 spiro atoms. The summed E-state index contributed by atoms with van der Waals surface area (Å²) in [5, 5.41) is 10.4. The number of nitrogens with one attached hydrogen (secondary N) is 3. The van der Waals surface area contributed by atoms with Crippen molar-refractivity contribution in [3.8, 4) is 0 Å². The third-order valence-electron chi connectivity index (χ3n) is 5.45. The Morgan fingerprint density at radius 2 is 2.00 bits per heavy atom. The number of amidine groups is 1. The predicted octanol–water partition coefficient (Wildman–Crippen LogP) is 3.22. The molecule has 0 unspecified atom stereocenters. The van der Waals surface area contributed by atoms with Gasteiger partial charge in [0.25, 0.3) is 0 Å². The minimum atomic E-state index is -0.228. The zero-order valence-electron chi connectivity index (χ0n) is 18.2. The summed E-state index contributed by atoms with van der Waals surface area (Å²) in [6, 6.07) is 15.2. The lowest BCUT2D eigenvalue weighted by atomic mass is 9.99. The minimum absolute atomic E-state index is 0.0119. The first-order chi connectivity index (χ1) is 15.4. The number of esters is 1. The molecule has 8 nitrogen and oxygen atoms in total. The normalized spacial score (nSPS) is 17.7. The summed E-state index contributed by atoms with van der Waals surface area (Å²) in [4.78, 5) is 29.3. The molecule has 32 heavy (non-hydrogen) atoms. The van der Waals surface area contributed by atoms with Gasteiger partial charge in [-0.25, -0.2) is 0 Å². The fraction of sp³-hybridized carbons (Fsp3) is 0.375. The third-order valence-corrected chi connectivity index (χ3v) is 5.45. The van der Waals surface area contributed by atoms with Crippen molar-refractivity contribution in [3.63, 3.8) is 0 Å². The number of unbranched alkanes of at least 4 members (excludes halogenated alkanes) is 1. The number of benzene rings is 2. The lowest BCUT2D eigenvalue weighted by Crippen LogP contribution is -2.20. The SMILES string of the molecule is COC(=O)CCCCc1cccc(NC(=O)C[C@H]2C[C@@H](c3ccc(C(=N)N)cc3)NO2)c1. The number of nitrogens with two attached hydrogens (primary N) is 1. The number of hydroxylamine groups is 1. The van der Waals surface area contributed by atoms with Crippen LogP contribution in [0.25, 0.3) is 0 Å². The number of amides is 1. The van der Waals surface area contributed by atoms with E-state index in [0.717, 1.165) is 36.1 Å². The van der Waals surface area contributed by atoms with E-state index in [0.29, 0.717) is 18.4 Å². The molecule has 0 aromatic heterocycles. The van der Waals surface area contributed by atoms with Crippen LogP contribution in [0.4, 0.5) is 5.69 Å². The first kappa shape index (κ1) is 23.4. The van der Waals surface area contributed by atoms with Gasteiger partial charge in [-0.1, -0.05) is 36.4 Å². The average Bonchev–Trinajstić information content (AvgIpc) is 3.25. The van der Waals surface area contributed by atoms with E-state index in [1.54, 1.807) is 0 Å². The van der Waals surface area contributed by atoms with E-state index in [1.165, 1.54) is 7.11 Å². The Morgan fingerprint density at radius 3 is 2.72 bits per heavy atom. The van der Waals surface area contributed by atoms with E-state index in [1.807, 2.05) is 48.5 Å². The van der Waals surface area contributed by atoms with Gasteiger partial charge in [0.1, 0.15) is 5.84 Å². The van der Waals surface area contributed by atoms with Crippen molar-refractivity contribution in [3.05, 3.63) is 65.2 Å². The summed E-state index contributed by atoms with van der Waals surface area (Å²) in [5.74, 6) is -0.260. The Labute approximate surface area is 187 Å². The lowest BCUT2D eigenvalue weighted by molar-refractivity contribution is -0.140. The number of aryl methyl sites for hydroxylation is 1. The van der Waals surface area contributed by atoms with Crippen molar-refractivity contribution in [1.82, 2.24) is 5.48 Å². The maximum Gasteiger partial charge on any atom is 0.305 e. The van der Waals surface area contributed by atoms with Crippen LogP contribution in [0.5, 0.6) is 0 Å². The molecule has 5 N–H and O–H groups in total. The Bertz CT molecular complexity index is 945. The second kappa shape index (κ2) is 11.4. The second-order valence-electron chi connectivity index (χ2n) is 7.92. The molecule has 2 atom stereocenters.